The highest BCUT2D eigenvalue weighted by atomic mass is 16.4. The van der Waals surface area contributed by atoms with Gasteiger partial charge in [0.2, 0.25) is 0 Å². The molecule has 3 aromatic rings. The van der Waals surface area contributed by atoms with Crippen molar-refractivity contribution in [3.8, 4) is 0 Å². The van der Waals surface area contributed by atoms with Crippen molar-refractivity contribution in [1.29, 1.82) is 0 Å². The summed E-state index contributed by atoms with van der Waals surface area (Å²) in [5.74, 6) is -0.850. The molecular formula is C21H26N6O2. The molecule has 3 rings (SSSR count). The first-order chi connectivity index (χ1) is 14.1. The third-order valence-electron chi connectivity index (χ3n) is 4.59. The number of aliphatic carboxylic acids is 1. The van der Waals surface area contributed by atoms with Crippen LogP contribution >= 0.6 is 0 Å². The molecule has 29 heavy (non-hydrogen) atoms. The normalized spacial score (nSPS) is 12.4. The number of pyridine rings is 2. The van der Waals surface area contributed by atoms with E-state index in [9.17, 15) is 9.90 Å². The van der Waals surface area contributed by atoms with E-state index in [1.807, 2.05) is 58.2 Å². The lowest BCUT2D eigenvalue weighted by atomic mass is 10.2. The molecule has 1 N–H and O–H groups in total. The Hall–Kier alpha value is -3.10. The molecule has 3 heterocycles. The van der Waals surface area contributed by atoms with Crippen molar-refractivity contribution in [3.05, 3.63) is 78.6 Å². The molecule has 0 aliphatic heterocycles. The topological polar surface area (TPSA) is 87.4 Å². The summed E-state index contributed by atoms with van der Waals surface area (Å²) in [6, 6.07) is 13.5. The summed E-state index contributed by atoms with van der Waals surface area (Å²) in [5, 5.41) is 13.7. The Morgan fingerprint density at radius 1 is 1.03 bits per heavy atom. The van der Waals surface area contributed by atoms with E-state index < -0.39 is 5.97 Å². The van der Waals surface area contributed by atoms with Crippen LogP contribution in [0.4, 0.5) is 0 Å². The van der Waals surface area contributed by atoms with Crippen molar-refractivity contribution in [1.82, 2.24) is 29.5 Å². The number of aromatic nitrogens is 4. The zero-order valence-electron chi connectivity index (χ0n) is 16.5. The minimum Gasteiger partial charge on any atom is -0.480 e. The molecule has 1 unspecified atom stereocenters. The molecule has 1 atom stereocenters. The van der Waals surface area contributed by atoms with Crippen LogP contribution in [0.2, 0.25) is 0 Å². The second kappa shape index (κ2) is 10.4. The Kier molecular flexibility index (Phi) is 7.43. The van der Waals surface area contributed by atoms with Gasteiger partial charge < -0.3 is 5.11 Å². The Morgan fingerprint density at radius 3 is 2.28 bits per heavy atom. The summed E-state index contributed by atoms with van der Waals surface area (Å²) >= 11 is 0. The fourth-order valence-corrected chi connectivity index (χ4v) is 3.20. The number of hydrogen-bond acceptors (Lipinski definition) is 6. The van der Waals surface area contributed by atoms with Crippen molar-refractivity contribution in [3.63, 3.8) is 0 Å². The molecule has 0 radical (unpaired) electrons. The van der Waals surface area contributed by atoms with Crippen molar-refractivity contribution >= 4 is 5.97 Å². The fraction of sp³-hybridized carbons (Fsp3) is 0.333. The summed E-state index contributed by atoms with van der Waals surface area (Å²) in [7, 11) is 0. The maximum atomic E-state index is 11.4. The summed E-state index contributed by atoms with van der Waals surface area (Å²) in [5.41, 5.74) is 1.81. The van der Waals surface area contributed by atoms with Gasteiger partial charge in [-0.25, -0.2) is 0 Å². The van der Waals surface area contributed by atoms with Crippen LogP contribution in [0.1, 0.15) is 18.3 Å². The lowest BCUT2D eigenvalue weighted by Gasteiger charge is -2.32. The van der Waals surface area contributed by atoms with Gasteiger partial charge in [-0.15, -0.1) is 0 Å². The molecule has 0 saturated heterocycles. The summed E-state index contributed by atoms with van der Waals surface area (Å²) < 4.78 is 1.86. The number of carbonyl (C=O) groups is 1. The Morgan fingerprint density at radius 2 is 1.72 bits per heavy atom. The van der Waals surface area contributed by atoms with Crippen LogP contribution in [0.25, 0.3) is 0 Å². The summed E-state index contributed by atoms with van der Waals surface area (Å²) in [6.45, 7) is 4.36. The largest absolute Gasteiger partial charge is 0.480 e. The van der Waals surface area contributed by atoms with E-state index in [-0.39, 0.29) is 12.6 Å². The maximum Gasteiger partial charge on any atom is 0.317 e. The quantitative estimate of drug-likeness (QED) is 0.533. The average molecular weight is 394 g/mol. The zero-order valence-corrected chi connectivity index (χ0v) is 16.5. The first-order valence-corrected chi connectivity index (χ1v) is 9.55. The van der Waals surface area contributed by atoms with Gasteiger partial charge in [-0.3, -0.25) is 29.2 Å². The molecule has 0 spiro atoms. The van der Waals surface area contributed by atoms with E-state index in [0.29, 0.717) is 26.3 Å². The van der Waals surface area contributed by atoms with Gasteiger partial charge in [-0.1, -0.05) is 12.1 Å². The van der Waals surface area contributed by atoms with Gasteiger partial charge in [0.05, 0.1) is 24.6 Å². The predicted octanol–water partition coefficient (Wildman–Crippen LogP) is 2.11. The highest BCUT2D eigenvalue weighted by molar-refractivity contribution is 5.69. The van der Waals surface area contributed by atoms with Crippen molar-refractivity contribution < 1.29 is 9.90 Å². The van der Waals surface area contributed by atoms with Gasteiger partial charge >= 0.3 is 5.97 Å². The monoisotopic (exact) mass is 394 g/mol. The SMILES string of the molecule is CC(CN(CC(=O)O)Cc1ccccn1)N(Cc1ccccn1)Cn1cccn1. The van der Waals surface area contributed by atoms with Crippen LogP contribution in [0.15, 0.2) is 67.3 Å². The summed E-state index contributed by atoms with van der Waals surface area (Å²) in [4.78, 5) is 24.3. The summed E-state index contributed by atoms with van der Waals surface area (Å²) in [6.07, 6.45) is 7.18. The molecule has 152 valence electrons. The molecule has 0 bridgehead atoms. The molecule has 3 aromatic heterocycles. The molecule has 0 amide bonds. The standard InChI is InChI=1S/C21H26N6O2/c1-18(13-25(16-21(28)29)14-19-7-2-4-9-22-19)26(17-27-12-6-11-24-27)15-20-8-3-5-10-23-20/h2-12,18H,13-17H2,1H3,(H,28,29). The van der Waals surface area contributed by atoms with Gasteiger partial charge in [0.15, 0.2) is 0 Å². The Balaban J connectivity index is 1.72. The third-order valence-corrected chi connectivity index (χ3v) is 4.59. The second-order valence-electron chi connectivity index (χ2n) is 6.99. The Labute approximate surface area is 170 Å². The van der Waals surface area contributed by atoms with E-state index in [1.54, 1.807) is 18.6 Å². The van der Waals surface area contributed by atoms with Crippen LogP contribution in [-0.4, -0.2) is 59.8 Å². The lowest BCUT2D eigenvalue weighted by Crippen LogP contribution is -2.44. The molecule has 0 aliphatic carbocycles. The van der Waals surface area contributed by atoms with Crippen LogP contribution in [0, 0.1) is 0 Å². The Bertz CT molecular complexity index is 857. The van der Waals surface area contributed by atoms with Crippen molar-refractivity contribution in [2.45, 2.75) is 32.7 Å². The minimum absolute atomic E-state index is 0.0416. The zero-order chi connectivity index (χ0) is 20.5. The van der Waals surface area contributed by atoms with Gasteiger partial charge in [-0.05, 0) is 37.3 Å². The van der Waals surface area contributed by atoms with E-state index >= 15 is 0 Å². The van der Waals surface area contributed by atoms with Crippen molar-refractivity contribution in [2.24, 2.45) is 0 Å². The smallest absolute Gasteiger partial charge is 0.317 e. The molecule has 8 heteroatoms. The molecular weight excluding hydrogens is 368 g/mol. The molecule has 0 aromatic carbocycles. The van der Waals surface area contributed by atoms with E-state index in [4.69, 9.17) is 0 Å². The molecule has 0 aliphatic rings. The van der Waals surface area contributed by atoms with Gasteiger partial charge in [-0.2, -0.15) is 5.10 Å². The van der Waals surface area contributed by atoms with Gasteiger partial charge in [0, 0.05) is 50.5 Å². The highest BCUT2D eigenvalue weighted by Gasteiger charge is 2.21. The first-order valence-electron chi connectivity index (χ1n) is 9.55. The number of hydrogen-bond donors (Lipinski definition) is 1. The molecule has 8 nitrogen and oxygen atoms in total. The van der Waals surface area contributed by atoms with Crippen LogP contribution in [0.5, 0.6) is 0 Å². The predicted molar refractivity (Wildman–Crippen MR) is 109 cm³/mol. The van der Waals surface area contributed by atoms with Crippen LogP contribution in [0.3, 0.4) is 0 Å². The first kappa shape index (κ1) is 20.6. The molecule has 0 fully saturated rings. The number of nitrogens with zero attached hydrogens (tertiary/aromatic N) is 6. The van der Waals surface area contributed by atoms with E-state index in [1.165, 1.54) is 0 Å². The highest BCUT2D eigenvalue weighted by Crippen LogP contribution is 2.11. The second-order valence-corrected chi connectivity index (χ2v) is 6.99. The molecule has 0 saturated carbocycles. The third kappa shape index (κ3) is 6.78. The maximum absolute atomic E-state index is 11.4. The number of carboxylic acid groups (broad SMARTS) is 1. The minimum atomic E-state index is -0.850. The fourth-order valence-electron chi connectivity index (χ4n) is 3.20. The van der Waals surface area contributed by atoms with Crippen molar-refractivity contribution in [2.75, 3.05) is 13.1 Å². The van der Waals surface area contributed by atoms with E-state index in [0.717, 1.165) is 11.4 Å². The van der Waals surface area contributed by atoms with Gasteiger partial charge in [0.25, 0.3) is 0 Å². The average Bonchev–Trinajstić information content (AvgIpc) is 3.22. The lowest BCUT2D eigenvalue weighted by molar-refractivity contribution is -0.138. The van der Waals surface area contributed by atoms with Crippen LogP contribution < -0.4 is 0 Å². The van der Waals surface area contributed by atoms with Gasteiger partial charge in [0.1, 0.15) is 0 Å². The van der Waals surface area contributed by atoms with Crippen LogP contribution in [-0.2, 0) is 24.6 Å². The van der Waals surface area contributed by atoms with E-state index in [2.05, 4.69) is 26.9 Å². The number of carboxylic acids is 1. The number of rotatable bonds is 11.